The third kappa shape index (κ3) is 2.15. The summed E-state index contributed by atoms with van der Waals surface area (Å²) < 4.78 is 11.7. The molecule has 0 saturated heterocycles. The summed E-state index contributed by atoms with van der Waals surface area (Å²) in [7, 11) is 1.63. The van der Waals surface area contributed by atoms with Gasteiger partial charge < -0.3 is 19.5 Å². The molecule has 3 unspecified atom stereocenters. The fourth-order valence-electron chi connectivity index (χ4n) is 4.23. The van der Waals surface area contributed by atoms with Crippen LogP contribution in [0.25, 0.3) is 0 Å². The Morgan fingerprint density at radius 2 is 2.38 bits per heavy atom. The summed E-state index contributed by atoms with van der Waals surface area (Å²) in [6.45, 7) is 1.13. The number of benzene rings is 1. The fraction of sp³-hybridized carbons (Fsp3) is 0.500. The molecule has 6 heteroatoms. The summed E-state index contributed by atoms with van der Waals surface area (Å²) >= 11 is 5.77. The van der Waals surface area contributed by atoms with E-state index < -0.39 is 6.10 Å². The molecule has 1 N–H and O–H groups in total. The molecule has 5 nitrogen and oxygen atoms in total. The Morgan fingerprint density at radius 1 is 1.54 bits per heavy atom. The number of nitrogens with zero attached hydrogens (tertiary/aromatic N) is 1. The number of alkyl halides is 1. The van der Waals surface area contributed by atoms with E-state index >= 15 is 0 Å². The van der Waals surface area contributed by atoms with Crippen LogP contribution in [0.3, 0.4) is 0 Å². The molecule has 1 spiro atoms. The third-order valence-corrected chi connectivity index (χ3v) is 5.65. The van der Waals surface area contributed by atoms with Crippen molar-refractivity contribution in [2.24, 2.45) is 0 Å². The van der Waals surface area contributed by atoms with E-state index in [1.165, 1.54) is 0 Å². The van der Waals surface area contributed by atoms with Crippen molar-refractivity contribution in [2.45, 2.75) is 37.0 Å². The summed E-state index contributed by atoms with van der Waals surface area (Å²) in [5.41, 5.74) is 1.84. The molecule has 2 heterocycles. The van der Waals surface area contributed by atoms with E-state index in [2.05, 4.69) is 6.08 Å². The first-order valence-corrected chi connectivity index (χ1v) is 8.70. The van der Waals surface area contributed by atoms with Crippen molar-refractivity contribution in [3.05, 3.63) is 35.4 Å². The van der Waals surface area contributed by atoms with Gasteiger partial charge in [0.1, 0.15) is 12.0 Å². The average Bonchev–Trinajstić information content (AvgIpc) is 2.82. The van der Waals surface area contributed by atoms with Gasteiger partial charge in [0.05, 0.1) is 18.6 Å². The van der Waals surface area contributed by atoms with Gasteiger partial charge in [0.25, 0.3) is 0 Å². The second-order valence-corrected chi connectivity index (χ2v) is 6.91. The molecule has 1 aromatic carbocycles. The summed E-state index contributed by atoms with van der Waals surface area (Å²) in [5, 5.41) is 10.0. The zero-order valence-electron chi connectivity index (χ0n) is 13.5. The first-order valence-electron chi connectivity index (χ1n) is 8.17. The molecule has 0 radical (unpaired) electrons. The standard InChI is InChI=1S/C18H20ClNO4/c1-23-13-3-2-11-10-20(15(22)9-19)7-6-18-5-4-12(21)8-14(18)24-17(13)16(11)18/h2-5,12,14,21H,6-10H2,1H3. The van der Waals surface area contributed by atoms with Crippen molar-refractivity contribution in [1.29, 1.82) is 0 Å². The van der Waals surface area contributed by atoms with Crippen LogP contribution < -0.4 is 9.47 Å². The van der Waals surface area contributed by atoms with Crippen molar-refractivity contribution in [3.8, 4) is 11.5 Å². The van der Waals surface area contributed by atoms with Crippen LogP contribution in [0.4, 0.5) is 0 Å². The molecule has 1 amide bonds. The minimum atomic E-state index is -0.506. The van der Waals surface area contributed by atoms with Crippen molar-refractivity contribution in [2.75, 3.05) is 19.5 Å². The summed E-state index contributed by atoms with van der Waals surface area (Å²) in [5.74, 6) is 1.37. The van der Waals surface area contributed by atoms with Gasteiger partial charge in [0, 0.05) is 25.1 Å². The topological polar surface area (TPSA) is 59.0 Å². The van der Waals surface area contributed by atoms with E-state index in [4.69, 9.17) is 21.1 Å². The lowest BCUT2D eigenvalue weighted by Crippen LogP contribution is -2.43. The van der Waals surface area contributed by atoms with Crippen molar-refractivity contribution < 1.29 is 19.4 Å². The van der Waals surface area contributed by atoms with Gasteiger partial charge in [-0.2, -0.15) is 0 Å². The monoisotopic (exact) mass is 349 g/mol. The normalized spacial score (nSPS) is 30.2. The third-order valence-electron chi connectivity index (χ3n) is 5.42. The number of ether oxygens (including phenoxy) is 2. The highest BCUT2D eigenvalue weighted by Gasteiger charge is 2.53. The Kier molecular flexibility index (Phi) is 3.73. The zero-order valence-corrected chi connectivity index (χ0v) is 14.3. The van der Waals surface area contributed by atoms with Crippen molar-refractivity contribution >= 4 is 17.5 Å². The van der Waals surface area contributed by atoms with Gasteiger partial charge in [-0.3, -0.25) is 4.79 Å². The second kappa shape index (κ2) is 5.67. The number of methoxy groups -OCH3 is 1. The number of hydrogen-bond donors (Lipinski definition) is 1. The highest BCUT2D eigenvalue weighted by molar-refractivity contribution is 6.27. The maximum atomic E-state index is 12.2. The van der Waals surface area contributed by atoms with E-state index in [0.29, 0.717) is 25.3 Å². The van der Waals surface area contributed by atoms with Crippen LogP contribution in [0.5, 0.6) is 11.5 Å². The van der Waals surface area contributed by atoms with Gasteiger partial charge in [0.2, 0.25) is 5.91 Å². The minimum absolute atomic E-state index is 0.0141. The molecule has 3 aliphatic rings. The molecular formula is C18H20ClNO4. The number of carbonyl (C=O) groups is 1. The van der Waals surface area contributed by atoms with Crippen molar-refractivity contribution in [1.82, 2.24) is 4.90 Å². The van der Waals surface area contributed by atoms with Crippen LogP contribution in [-0.2, 0) is 16.8 Å². The van der Waals surface area contributed by atoms with Gasteiger partial charge in [0.15, 0.2) is 11.5 Å². The first kappa shape index (κ1) is 15.8. The molecule has 2 aliphatic heterocycles. The molecular weight excluding hydrogens is 330 g/mol. The van der Waals surface area contributed by atoms with Gasteiger partial charge in [-0.05, 0) is 18.1 Å². The number of aliphatic hydroxyl groups excluding tert-OH is 1. The Labute approximate surface area is 145 Å². The number of halogens is 1. The Balaban J connectivity index is 1.88. The lowest BCUT2D eigenvalue weighted by molar-refractivity contribution is -0.129. The van der Waals surface area contributed by atoms with E-state index in [0.717, 1.165) is 23.3 Å². The lowest BCUT2D eigenvalue weighted by atomic mass is 9.69. The summed E-state index contributed by atoms with van der Waals surface area (Å²) in [6, 6.07) is 3.89. The Hall–Kier alpha value is -1.72. The van der Waals surface area contributed by atoms with Crippen LogP contribution in [0.15, 0.2) is 24.3 Å². The minimum Gasteiger partial charge on any atom is -0.493 e. The molecule has 0 fully saturated rings. The maximum absolute atomic E-state index is 12.2. The number of amides is 1. The predicted octanol–water partition coefficient (Wildman–Crippen LogP) is 1.99. The molecule has 0 saturated carbocycles. The smallest absolute Gasteiger partial charge is 0.237 e. The molecule has 0 aromatic heterocycles. The van der Waals surface area contributed by atoms with Gasteiger partial charge in [-0.25, -0.2) is 0 Å². The van der Waals surface area contributed by atoms with Gasteiger partial charge >= 0.3 is 0 Å². The quantitative estimate of drug-likeness (QED) is 0.655. The van der Waals surface area contributed by atoms with Crippen LogP contribution >= 0.6 is 11.6 Å². The predicted molar refractivity (Wildman–Crippen MR) is 89.6 cm³/mol. The molecule has 1 aliphatic carbocycles. The van der Waals surface area contributed by atoms with Crippen LogP contribution in [0.1, 0.15) is 24.0 Å². The average molecular weight is 350 g/mol. The molecule has 4 rings (SSSR count). The summed E-state index contributed by atoms with van der Waals surface area (Å²) in [6.07, 6.45) is 4.54. The van der Waals surface area contributed by atoms with E-state index in [9.17, 15) is 9.90 Å². The fourth-order valence-corrected chi connectivity index (χ4v) is 4.40. The first-order chi connectivity index (χ1) is 11.6. The zero-order chi connectivity index (χ0) is 16.9. The SMILES string of the molecule is COc1ccc2c3c1OC1CC(O)C=CC31CCN(C(=O)CCl)C2. The van der Waals surface area contributed by atoms with Crippen LogP contribution in [0, 0.1) is 0 Å². The highest BCUT2D eigenvalue weighted by Crippen LogP contribution is 2.55. The largest absolute Gasteiger partial charge is 0.493 e. The van der Waals surface area contributed by atoms with Gasteiger partial charge in [-0.1, -0.05) is 18.2 Å². The van der Waals surface area contributed by atoms with Gasteiger partial charge in [-0.15, -0.1) is 11.6 Å². The number of aliphatic hydroxyl groups is 1. The molecule has 1 aromatic rings. The summed E-state index contributed by atoms with van der Waals surface area (Å²) in [4.78, 5) is 14.0. The molecule has 24 heavy (non-hydrogen) atoms. The van der Waals surface area contributed by atoms with Crippen LogP contribution in [-0.4, -0.2) is 47.7 Å². The van der Waals surface area contributed by atoms with Crippen LogP contribution in [0.2, 0.25) is 0 Å². The maximum Gasteiger partial charge on any atom is 0.237 e. The highest BCUT2D eigenvalue weighted by atomic mass is 35.5. The van der Waals surface area contributed by atoms with Crippen molar-refractivity contribution in [3.63, 3.8) is 0 Å². The van der Waals surface area contributed by atoms with E-state index in [1.807, 2.05) is 18.2 Å². The number of carbonyl (C=O) groups excluding carboxylic acids is 1. The lowest BCUT2D eigenvalue weighted by Gasteiger charge is -2.35. The number of hydrogen-bond acceptors (Lipinski definition) is 4. The Bertz CT molecular complexity index is 719. The number of rotatable bonds is 2. The molecule has 3 atom stereocenters. The Morgan fingerprint density at radius 3 is 3.12 bits per heavy atom. The molecule has 0 bridgehead atoms. The molecule has 128 valence electrons. The van der Waals surface area contributed by atoms with E-state index in [-0.39, 0.29) is 23.3 Å². The second-order valence-electron chi connectivity index (χ2n) is 6.64. The van der Waals surface area contributed by atoms with E-state index in [1.54, 1.807) is 12.0 Å².